The van der Waals surface area contributed by atoms with Crippen molar-refractivity contribution in [1.29, 1.82) is 0 Å². The third-order valence-electron chi connectivity index (χ3n) is 2.70. The molecule has 0 amide bonds. The first-order chi connectivity index (χ1) is 7.80. The summed E-state index contributed by atoms with van der Waals surface area (Å²) in [6.45, 7) is 4.14. The van der Waals surface area contributed by atoms with Gasteiger partial charge in [-0.25, -0.2) is 0 Å². The molecule has 0 radical (unpaired) electrons. The van der Waals surface area contributed by atoms with Crippen LogP contribution in [-0.4, -0.2) is 0 Å². The molecule has 1 aromatic rings. The highest BCUT2D eigenvalue weighted by Gasteiger charge is 2.30. The lowest BCUT2D eigenvalue weighted by atomic mass is 9.97. The Labute approximate surface area is 99.8 Å². The lowest BCUT2D eigenvalue weighted by Crippen LogP contribution is -2.13. The van der Waals surface area contributed by atoms with Crippen LogP contribution in [0.15, 0.2) is 24.3 Å². The Hall–Kier alpha value is -1.03. The van der Waals surface area contributed by atoms with Crippen molar-refractivity contribution in [2.24, 2.45) is 11.7 Å². The Kier molecular flexibility index (Phi) is 4.57. The largest absolute Gasteiger partial charge is 0.416 e. The molecule has 1 unspecified atom stereocenters. The Morgan fingerprint density at radius 1 is 1.18 bits per heavy atom. The second kappa shape index (κ2) is 5.54. The molecule has 0 fully saturated rings. The predicted molar refractivity (Wildman–Crippen MR) is 62.4 cm³/mol. The van der Waals surface area contributed by atoms with E-state index in [2.05, 4.69) is 13.8 Å². The standard InChI is InChI=1S/C13H18F3N/c1-9(2)6-7-12(17)10-4-3-5-11(8-10)13(14,15)16/h3-5,8-9,12H,6-7,17H2,1-2H3. The highest BCUT2D eigenvalue weighted by atomic mass is 19.4. The van der Waals surface area contributed by atoms with Crippen LogP contribution in [0.25, 0.3) is 0 Å². The van der Waals surface area contributed by atoms with Crippen molar-refractivity contribution in [1.82, 2.24) is 0 Å². The normalized spacial score (nSPS) is 14.1. The molecular weight excluding hydrogens is 227 g/mol. The SMILES string of the molecule is CC(C)CCC(N)c1cccc(C(F)(F)F)c1. The molecule has 1 atom stereocenters. The predicted octanol–water partition coefficient (Wildman–Crippen LogP) is 4.14. The van der Waals surface area contributed by atoms with Crippen molar-refractivity contribution >= 4 is 0 Å². The van der Waals surface area contributed by atoms with Crippen molar-refractivity contribution in [3.63, 3.8) is 0 Å². The fourth-order valence-corrected chi connectivity index (χ4v) is 1.63. The van der Waals surface area contributed by atoms with Gasteiger partial charge in [0.2, 0.25) is 0 Å². The number of halogens is 3. The lowest BCUT2D eigenvalue weighted by Gasteiger charge is -2.15. The summed E-state index contributed by atoms with van der Waals surface area (Å²) in [4.78, 5) is 0. The van der Waals surface area contributed by atoms with Crippen LogP contribution in [0.1, 0.15) is 43.9 Å². The fourth-order valence-electron chi connectivity index (χ4n) is 1.63. The fraction of sp³-hybridized carbons (Fsp3) is 0.538. The van der Waals surface area contributed by atoms with Gasteiger partial charge in [-0.05, 0) is 36.5 Å². The van der Waals surface area contributed by atoms with Crippen LogP contribution in [-0.2, 0) is 6.18 Å². The number of alkyl halides is 3. The van der Waals surface area contributed by atoms with Gasteiger partial charge in [-0.3, -0.25) is 0 Å². The van der Waals surface area contributed by atoms with Crippen molar-refractivity contribution in [3.05, 3.63) is 35.4 Å². The Morgan fingerprint density at radius 2 is 1.82 bits per heavy atom. The van der Waals surface area contributed by atoms with Gasteiger partial charge in [0.1, 0.15) is 0 Å². The van der Waals surface area contributed by atoms with Gasteiger partial charge >= 0.3 is 6.18 Å². The monoisotopic (exact) mass is 245 g/mol. The van der Waals surface area contributed by atoms with Crippen molar-refractivity contribution in [2.45, 2.75) is 38.9 Å². The zero-order valence-electron chi connectivity index (χ0n) is 10.1. The summed E-state index contributed by atoms with van der Waals surface area (Å²) in [5.74, 6) is 0.506. The molecule has 0 aromatic heterocycles. The highest BCUT2D eigenvalue weighted by molar-refractivity contribution is 5.27. The molecule has 0 aliphatic heterocycles. The minimum atomic E-state index is -4.30. The van der Waals surface area contributed by atoms with Gasteiger partial charge in [-0.15, -0.1) is 0 Å². The number of benzene rings is 1. The van der Waals surface area contributed by atoms with E-state index < -0.39 is 11.7 Å². The van der Waals surface area contributed by atoms with Crippen LogP contribution in [0.4, 0.5) is 13.2 Å². The van der Waals surface area contributed by atoms with Gasteiger partial charge in [-0.1, -0.05) is 26.0 Å². The number of rotatable bonds is 4. The Balaban J connectivity index is 2.77. The molecule has 96 valence electrons. The minimum absolute atomic E-state index is 0.320. The summed E-state index contributed by atoms with van der Waals surface area (Å²) < 4.78 is 37.5. The lowest BCUT2D eigenvalue weighted by molar-refractivity contribution is -0.137. The molecule has 0 aliphatic rings. The number of hydrogen-bond donors (Lipinski definition) is 1. The first-order valence-corrected chi connectivity index (χ1v) is 5.73. The van der Waals surface area contributed by atoms with E-state index >= 15 is 0 Å². The van der Waals surface area contributed by atoms with E-state index in [1.807, 2.05) is 0 Å². The maximum atomic E-state index is 12.5. The molecule has 4 heteroatoms. The number of nitrogens with two attached hydrogens (primary N) is 1. The molecule has 0 saturated carbocycles. The maximum absolute atomic E-state index is 12.5. The van der Waals surface area contributed by atoms with Crippen LogP contribution < -0.4 is 5.73 Å². The van der Waals surface area contributed by atoms with E-state index in [9.17, 15) is 13.2 Å². The summed E-state index contributed by atoms with van der Waals surface area (Å²) in [5.41, 5.74) is 5.81. The average Bonchev–Trinajstić information content (AvgIpc) is 2.25. The van der Waals surface area contributed by atoms with E-state index in [1.54, 1.807) is 6.07 Å². The number of hydrogen-bond acceptors (Lipinski definition) is 1. The van der Waals surface area contributed by atoms with Crippen LogP contribution in [0.3, 0.4) is 0 Å². The molecular formula is C13H18F3N. The third kappa shape index (κ3) is 4.38. The molecule has 1 nitrogen and oxygen atoms in total. The molecule has 0 bridgehead atoms. The summed E-state index contributed by atoms with van der Waals surface area (Å²) in [6.07, 6.45) is -2.68. The summed E-state index contributed by atoms with van der Waals surface area (Å²) in [7, 11) is 0. The van der Waals surface area contributed by atoms with Gasteiger partial charge in [0.05, 0.1) is 5.56 Å². The second-order valence-corrected chi connectivity index (χ2v) is 4.70. The van der Waals surface area contributed by atoms with E-state index in [1.165, 1.54) is 6.07 Å². The molecule has 1 aromatic carbocycles. The highest BCUT2D eigenvalue weighted by Crippen LogP contribution is 2.31. The zero-order valence-corrected chi connectivity index (χ0v) is 10.1. The van der Waals surface area contributed by atoms with Gasteiger partial charge < -0.3 is 5.73 Å². The minimum Gasteiger partial charge on any atom is -0.324 e. The smallest absolute Gasteiger partial charge is 0.324 e. The van der Waals surface area contributed by atoms with Crippen molar-refractivity contribution in [2.75, 3.05) is 0 Å². The molecule has 0 heterocycles. The molecule has 17 heavy (non-hydrogen) atoms. The van der Waals surface area contributed by atoms with Crippen molar-refractivity contribution in [3.8, 4) is 0 Å². The first-order valence-electron chi connectivity index (χ1n) is 5.73. The quantitative estimate of drug-likeness (QED) is 0.847. The van der Waals surface area contributed by atoms with Gasteiger partial charge in [0, 0.05) is 6.04 Å². The average molecular weight is 245 g/mol. The topological polar surface area (TPSA) is 26.0 Å². The van der Waals surface area contributed by atoms with Crippen LogP contribution in [0.2, 0.25) is 0 Å². The molecule has 2 N–H and O–H groups in total. The van der Waals surface area contributed by atoms with E-state index in [0.29, 0.717) is 17.9 Å². The van der Waals surface area contributed by atoms with E-state index in [0.717, 1.165) is 18.6 Å². The summed E-state index contributed by atoms with van der Waals surface area (Å²) in [6, 6.07) is 4.96. The third-order valence-corrected chi connectivity index (χ3v) is 2.70. The van der Waals surface area contributed by atoms with Crippen LogP contribution in [0, 0.1) is 5.92 Å². The molecule has 0 spiro atoms. The van der Waals surface area contributed by atoms with Crippen LogP contribution in [0.5, 0.6) is 0 Å². The Morgan fingerprint density at radius 3 is 2.35 bits per heavy atom. The van der Waals surface area contributed by atoms with E-state index in [-0.39, 0.29) is 6.04 Å². The van der Waals surface area contributed by atoms with Gasteiger partial charge in [0.25, 0.3) is 0 Å². The van der Waals surface area contributed by atoms with E-state index in [4.69, 9.17) is 5.73 Å². The van der Waals surface area contributed by atoms with Gasteiger partial charge in [-0.2, -0.15) is 13.2 Å². The van der Waals surface area contributed by atoms with Crippen molar-refractivity contribution < 1.29 is 13.2 Å². The maximum Gasteiger partial charge on any atom is 0.416 e. The molecule has 0 aliphatic carbocycles. The second-order valence-electron chi connectivity index (χ2n) is 4.70. The summed E-state index contributed by atoms with van der Waals surface area (Å²) >= 11 is 0. The molecule has 1 rings (SSSR count). The molecule has 0 saturated heterocycles. The summed E-state index contributed by atoms with van der Waals surface area (Å²) in [5, 5.41) is 0. The Bertz CT molecular complexity index is 358. The zero-order chi connectivity index (χ0) is 13.1. The van der Waals surface area contributed by atoms with Gasteiger partial charge in [0.15, 0.2) is 0 Å². The first kappa shape index (κ1) is 14.0. The van der Waals surface area contributed by atoms with Crippen LogP contribution >= 0.6 is 0 Å².